The number of fused-ring (bicyclic) bond motifs is 2. The van der Waals surface area contributed by atoms with Crippen molar-refractivity contribution >= 4 is 34.1 Å². The number of amides is 1. The van der Waals surface area contributed by atoms with Crippen LogP contribution in [0, 0.1) is 18.7 Å². The van der Waals surface area contributed by atoms with Crippen LogP contribution in [0.3, 0.4) is 0 Å². The molecule has 4 aromatic heterocycles. The summed E-state index contributed by atoms with van der Waals surface area (Å²) >= 11 is 0. The number of hydrogen-bond donors (Lipinski definition) is 1. The second kappa shape index (κ2) is 9.75. The van der Waals surface area contributed by atoms with Crippen molar-refractivity contribution in [2.45, 2.75) is 19.8 Å². The predicted octanol–water partition coefficient (Wildman–Crippen LogP) is 4.80. The molecule has 6 rings (SSSR count). The van der Waals surface area contributed by atoms with Crippen molar-refractivity contribution < 1.29 is 13.9 Å². The number of halogens is 1. The Hall–Kier alpha value is -4.93. The van der Waals surface area contributed by atoms with Gasteiger partial charge in [-0.1, -0.05) is 13.5 Å². The summed E-state index contributed by atoms with van der Waals surface area (Å²) in [6, 6.07) is 10.6. The summed E-state index contributed by atoms with van der Waals surface area (Å²) in [5.74, 6) is 1.18. The largest absolute Gasteiger partial charge is 0.457 e. The zero-order valence-corrected chi connectivity index (χ0v) is 21.4. The molecule has 0 saturated carbocycles. The molecule has 5 aromatic rings. The molecule has 1 aromatic carbocycles. The van der Waals surface area contributed by atoms with E-state index in [-0.39, 0.29) is 23.4 Å². The van der Waals surface area contributed by atoms with Crippen molar-refractivity contribution in [3.8, 4) is 11.5 Å². The third kappa shape index (κ3) is 4.52. The number of anilines is 2. The lowest BCUT2D eigenvalue weighted by Crippen LogP contribution is -2.51. The second-order valence-electron chi connectivity index (χ2n) is 9.52. The molecule has 1 aliphatic rings. The summed E-state index contributed by atoms with van der Waals surface area (Å²) in [6.45, 7) is 8.62. The number of aromatic nitrogens is 6. The number of rotatable bonds is 7. The van der Waals surface area contributed by atoms with Crippen LogP contribution >= 0.6 is 0 Å². The Morgan fingerprint density at radius 2 is 2.03 bits per heavy atom. The van der Waals surface area contributed by atoms with E-state index in [0.29, 0.717) is 52.7 Å². The van der Waals surface area contributed by atoms with E-state index in [1.807, 2.05) is 12.1 Å². The Bertz CT molecular complexity index is 1730. The molecule has 1 atom stereocenters. The van der Waals surface area contributed by atoms with Gasteiger partial charge in [-0.25, -0.2) is 28.8 Å². The minimum atomic E-state index is -0.464. The van der Waals surface area contributed by atoms with Crippen molar-refractivity contribution in [2.24, 2.45) is 5.92 Å². The molecule has 5 heterocycles. The fraction of sp³-hybridized carbons (Fsp3) is 0.214. The molecule has 0 bridgehead atoms. The number of benzene rings is 1. The van der Waals surface area contributed by atoms with Crippen LogP contribution in [0.1, 0.15) is 24.1 Å². The molecule has 196 valence electrons. The van der Waals surface area contributed by atoms with Crippen LogP contribution in [-0.4, -0.2) is 53.4 Å². The molecule has 0 aliphatic carbocycles. The first kappa shape index (κ1) is 24.4. The monoisotopic (exact) mass is 524 g/mol. The molecule has 0 spiro atoms. The SMILES string of the molecule is C=CC(=O)N1CC([C@H](C)c2ccc3ncnc(Nc4ccc(Oc5ccn6ncnc6c5)c(C)c4F)c3n2)C1. The Morgan fingerprint density at radius 3 is 2.85 bits per heavy atom. The molecule has 0 unspecified atom stereocenters. The Morgan fingerprint density at radius 1 is 1.18 bits per heavy atom. The molecular formula is C28H25FN8O2. The van der Waals surface area contributed by atoms with Crippen LogP contribution in [0.25, 0.3) is 16.7 Å². The van der Waals surface area contributed by atoms with Crippen LogP contribution in [0.5, 0.6) is 11.5 Å². The number of carbonyl (C=O) groups is 1. The topological polar surface area (TPSA) is 110 Å². The number of hydrogen-bond acceptors (Lipinski definition) is 8. The van der Waals surface area contributed by atoms with Gasteiger partial charge in [0.1, 0.15) is 29.7 Å². The first-order valence-corrected chi connectivity index (χ1v) is 12.5. The van der Waals surface area contributed by atoms with Gasteiger partial charge in [0.05, 0.1) is 11.2 Å². The van der Waals surface area contributed by atoms with Crippen molar-refractivity contribution in [3.63, 3.8) is 0 Å². The quantitative estimate of drug-likeness (QED) is 0.303. The Kier molecular flexibility index (Phi) is 6.10. The third-order valence-electron chi connectivity index (χ3n) is 7.14. The van der Waals surface area contributed by atoms with Gasteiger partial charge in [0.2, 0.25) is 5.91 Å². The highest BCUT2D eigenvalue weighted by atomic mass is 19.1. The van der Waals surface area contributed by atoms with E-state index in [0.717, 1.165) is 5.69 Å². The van der Waals surface area contributed by atoms with E-state index < -0.39 is 5.82 Å². The van der Waals surface area contributed by atoms with Gasteiger partial charge in [-0.3, -0.25) is 4.79 Å². The first-order valence-electron chi connectivity index (χ1n) is 12.5. The average molecular weight is 525 g/mol. The standard InChI is InChI=1S/C28H25FN8O2/c1-4-25(38)36-12-18(13-36)16(2)20-5-6-22-27(34-20)28(32-14-30-22)35-21-7-8-23(17(3)26(21)29)39-19-9-10-37-24(11-19)31-15-33-37/h4-11,14-16,18H,1,12-13H2,2-3H3,(H,30,32,35)/t16-/m0/s1. The van der Waals surface area contributed by atoms with E-state index in [1.165, 1.54) is 18.7 Å². The summed E-state index contributed by atoms with van der Waals surface area (Å²) in [7, 11) is 0. The molecular weight excluding hydrogens is 499 g/mol. The minimum absolute atomic E-state index is 0.0602. The molecule has 1 fully saturated rings. The first-order chi connectivity index (χ1) is 18.9. The summed E-state index contributed by atoms with van der Waals surface area (Å²) in [6.07, 6.45) is 5.93. The van der Waals surface area contributed by atoms with Crippen molar-refractivity contribution in [2.75, 3.05) is 18.4 Å². The highest BCUT2D eigenvalue weighted by Crippen LogP contribution is 2.34. The Balaban J connectivity index is 1.24. The van der Waals surface area contributed by atoms with Gasteiger partial charge in [-0.2, -0.15) is 5.10 Å². The lowest BCUT2D eigenvalue weighted by Gasteiger charge is -2.41. The lowest BCUT2D eigenvalue weighted by atomic mass is 9.84. The van der Waals surface area contributed by atoms with Gasteiger partial charge < -0.3 is 15.0 Å². The normalized spacial score (nSPS) is 14.3. The summed E-state index contributed by atoms with van der Waals surface area (Å²) < 4.78 is 23.0. The maximum absolute atomic E-state index is 15.5. The van der Waals surface area contributed by atoms with E-state index in [9.17, 15) is 4.79 Å². The number of carbonyl (C=O) groups excluding carboxylic acids is 1. The number of nitrogens with zero attached hydrogens (tertiary/aromatic N) is 7. The van der Waals surface area contributed by atoms with Crippen LogP contribution in [-0.2, 0) is 4.79 Å². The molecule has 0 radical (unpaired) electrons. The number of ether oxygens (including phenoxy) is 1. The highest BCUT2D eigenvalue weighted by Gasteiger charge is 2.34. The lowest BCUT2D eigenvalue weighted by molar-refractivity contribution is -0.132. The van der Waals surface area contributed by atoms with Gasteiger partial charge in [0.25, 0.3) is 0 Å². The minimum Gasteiger partial charge on any atom is -0.457 e. The van der Waals surface area contributed by atoms with E-state index in [2.05, 4.69) is 38.9 Å². The van der Waals surface area contributed by atoms with Crippen LogP contribution in [0.4, 0.5) is 15.9 Å². The second-order valence-corrected chi connectivity index (χ2v) is 9.52. The summed E-state index contributed by atoms with van der Waals surface area (Å²) in [4.78, 5) is 31.2. The molecule has 11 heteroatoms. The van der Waals surface area contributed by atoms with Gasteiger partial charge in [-0.15, -0.1) is 0 Å². The smallest absolute Gasteiger partial charge is 0.245 e. The van der Waals surface area contributed by atoms with Gasteiger partial charge in [0, 0.05) is 48.4 Å². The van der Waals surface area contributed by atoms with Gasteiger partial charge >= 0.3 is 0 Å². The van der Waals surface area contributed by atoms with Crippen LogP contribution in [0.2, 0.25) is 0 Å². The number of nitrogens with one attached hydrogen (secondary N) is 1. The van der Waals surface area contributed by atoms with Crippen molar-refractivity contribution in [1.82, 2.24) is 34.4 Å². The number of pyridine rings is 2. The van der Waals surface area contributed by atoms with E-state index in [1.54, 1.807) is 46.8 Å². The predicted molar refractivity (Wildman–Crippen MR) is 143 cm³/mol. The highest BCUT2D eigenvalue weighted by molar-refractivity contribution is 5.88. The summed E-state index contributed by atoms with van der Waals surface area (Å²) in [5, 5.41) is 7.15. The van der Waals surface area contributed by atoms with E-state index in [4.69, 9.17) is 9.72 Å². The maximum Gasteiger partial charge on any atom is 0.245 e. The molecule has 1 N–H and O–H groups in total. The molecule has 10 nitrogen and oxygen atoms in total. The van der Waals surface area contributed by atoms with Crippen LogP contribution in [0.15, 0.2) is 67.9 Å². The molecule has 1 amide bonds. The average Bonchev–Trinajstić information content (AvgIpc) is 3.39. The zero-order valence-electron chi connectivity index (χ0n) is 21.4. The molecule has 1 aliphatic heterocycles. The zero-order chi connectivity index (χ0) is 27.1. The fourth-order valence-electron chi connectivity index (χ4n) is 4.67. The molecule has 1 saturated heterocycles. The van der Waals surface area contributed by atoms with E-state index >= 15 is 4.39 Å². The maximum atomic E-state index is 15.5. The molecule has 39 heavy (non-hydrogen) atoms. The number of likely N-dealkylation sites (tertiary alicyclic amines) is 1. The third-order valence-corrected chi connectivity index (χ3v) is 7.14. The van der Waals surface area contributed by atoms with Crippen LogP contribution < -0.4 is 10.1 Å². The Labute approximate surface area is 223 Å². The summed E-state index contributed by atoms with van der Waals surface area (Å²) in [5.41, 5.74) is 3.25. The van der Waals surface area contributed by atoms with Gasteiger partial charge in [0.15, 0.2) is 17.3 Å². The fourth-order valence-corrected chi connectivity index (χ4v) is 4.67. The van der Waals surface area contributed by atoms with Gasteiger partial charge in [-0.05, 0) is 43.3 Å². The van der Waals surface area contributed by atoms with Crippen molar-refractivity contribution in [3.05, 3.63) is 85.0 Å². The van der Waals surface area contributed by atoms with Crippen molar-refractivity contribution in [1.29, 1.82) is 0 Å².